The second-order valence-electron chi connectivity index (χ2n) is 6.63. The van der Waals surface area contributed by atoms with Gasteiger partial charge < -0.3 is 0 Å². The van der Waals surface area contributed by atoms with Gasteiger partial charge in [-0.25, -0.2) is 4.98 Å². The van der Waals surface area contributed by atoms with Gasteiger partial charge in [-0.3, -0.25) is 9.36 Å². The molecular weight excluding hydrogens is 296 g/mol. The van der Waals surface area contributed by atoms with Crippen molar-refractivity contribution >= 4 is 10.9 Å². The van der Waals surface area contributed by atoms with Gasteiger partial charge in [-0.2, -0.15) is 0 Å². The second kappa shape index (κ2) is 6.60. The number of hydrogen-bond acceptors (Lipinski definition) is 2. The van der Waals surface area contributed by atoms with Crippen LogP contribution < -0.4 is 5.56 Å². The highest BCUT2D eigenvalue weighted by Crippen LogP contribution is 2.17. The predicted molar refractivity (Wildman–Crippen MR) is 97.4 cm³/mol. The Balaban J connectivity index is 1.66. The Hall–Kier alpha value is -2.42. The molecule has 3 aromatic rings. The van der Waals surface area contributed by atoms with Crippen molar-refractivity contribution in [2.75, 3.05) is 0 Å². The van der Waals surface area contributed by atoms with E-state index in [0.717, 1.165) is 55.4 Å². The van der Waals surface area contributed by atoms with Gasteiger partial charge in [0.05, 0.1) is 10.9 Å². The van der Waals surface area contributed by atoms with Gasteiger partial charge in [-0.05, 0) is 48.9 Å². The Kier molecular flexibility index (Phi) is 4.16. The van der Waals surface area contributed by atoms with E-state index in [9.17, 15) is 4.79 Å². The Labute approximate surface area is 142 Å². The molecule has 0 spiro atoms. The summed E-state index contributed by atoms with van der Waals surface area (Å²) in [7, 11) is 0. The molecule has 0 bridgehead atoms. The van der Waals surface area contributed by atoms with Crippen molar-refractivity contribution in [1.29, 1.82) is 0 Å². The van der Waals surface area contributed by atoms with Crippen molar-refractivity contribution in [3.63, 3.8) is 0 Å². The van der Waals surface area contributed by atoms with E-state index in [1.807, 2.05) is 16.7 Å². The summed E-state index contributed by atoms with van der Waals surface area (Å²) in [4.78, 5) is 17.6. The Morgan fingerprint density at radius 1 is 0.917 bits per heavy atom. The van der Waals surface area contributed by atoms with Crippen molar-refractivity contribution in [2.45, 2.75) is 45.1 Å². The topological polar surface area (TPSA) is 34.9 Å². The molecule has 0 fully saturated rings. The van der Waals surface area contributed by atoms with E-state index in [4.69, 9.17) is 4.98 Å². The maximum Gasteiger partial charge on any atom is 0.261 e. The lowest BCUT2D eigenvalue weighted by atomic mass is 10.0. The molecule has 4 rings (SSSR count). The minimum Gasteiger partial charge on any atom is -0.296 e. The first-order valence-electron chi connectivity index (χ1n) is 8.87. The standard InChI is InChI=1S/C21H22N2O/c24-21-18-13-12-17(11-10-16-7-3-1-4-8-16)15-19(18)22-20-9-5-2-6-14-23(20)21/h1,3-4,7-8,12-13,15H,2,5-6,9-11,14H2. The first-order chi connectivity index (χ1) is 11.8. The van der Waals surface area contributed by atoms with Gasteiger partial charge in [0.2, 0.25) is 0 Å². The normalized spacial score (nSPS) is 14.3. The molecule has 0 radical (unpaired) electrons. The molecule has 1 aliphatic heterocycles. The number of aryl methyl sites for hydroxylation is 3. The summed E-state index contributed by atoms with van der Waals surface area (Å²) in [6.07, 6.45) is 6.29. The zero-order valence-electron chi connectivity index (χ0n) is 13.9. The van der Waals surface area contributed by atoms with Crippen molar-refractivity contribution in [3.05, 3.63) is 75.8 Å². The average Bonchev–Trinajstić information content (AvgIpc) is 2.86. The molecule has 0 unspecified atom stereocenters. The van der Waals surface area contributed by atoms with E-state index in [-0.39, 0.29) is 5.56 Å². The minimum absolute atomic E-state index is 0.131. The molecule has 1 aromatic heterocycles. The van der Waals surface area contributed by atoms with Crippen LogP contribution in [0.25, 0.3) is 10.9 Å². The number of rotatable bonds is 3. The third-order valence-corrected chi connectivity index (χ3v) is 4.93. The highest BCUT2D eigenvalue weighted by atomic mass is 16.1. The summed E-state index contributed by atoms with van der Waals surface area (Å²) in [6.45, 7) is 0.812. The molecule has 0 atom stereocenters. The van der Waals surface area contributed by atoms with Gasteiger partial charge in [0.15, 0.2) is 0 Å². The third-order valence-electron chi connectivity index (χ3n) is 4.93. The molecule has 122 valence electrons. The molecule has 0 aliphatic carbocycles. The molecule has 24 heavy (non-hydrogen) atoms. The van der Waals surface area contributed by atoms with Crippen LogP contribution in [-0.4, -0.2) is 9.55 Å². The van der Waals surface area contributed by atoms with Crippen LogP contribution in [0, 0.1) is 0 Å². The maximum atomic E-state index is 12.7. The molecule has 3 nitrogen and oxygen atoms in total. The molecule has 0 N–H and O–H groups in total. The number of benzene rings is 2. The van der Waals surface area contributed by atoms with Crippen LogP contribution in [0.2, 0.25) is 0 Å². The van der Waals surface area contributed by atoms with E-state index < -0.39 is 0 Å². The van der Waals surface area contributed by atoms with Crippen molar-refractivity contribution in [3.8, 4) is 0 Å². The van der Waals surface area contributed by atoms with Gasteiger partial charge >= 0.3 is 0 Å². The number of nitrogens with zero attached hydrogens (tertiary/aromatic N) is 2. The molecule has 0 amide bonds. The minimum atomic E-state index is 0.131. The average molecular weight is 318 g/mol. The molecule has 1 aliphatic rings. The smallest absolute Gasteiger partial charge is 0.261 e. The molecule has 0 saturated carbocycles. The molecule has 2 aromatic carbocycles. The van der Waals surface area contributed by atoms with Crippen LogP contribution in [0.4, 0.5) is 0 Å². The fraction of sp³-hybridized carbons (Fsp3) is 0.333. The fourth-order valence-electron chi connectivity index (χ4n) is 3.55. The van der Waals surface area contributed by atoms with E-state index >= 15 is 0 Å². The lowest BCUT2D eigenvalue weighted by molar-refractivity contribution is 0.614. The highest BCUT2D eigenvalue weighted by Gasteiger charge is 2.13. The van der Waals surface area contributed by atoms with Crippen LogP contribution in [0.1, 0.15) is 36.2 Å². The van der Waals surface area contributed by atoms with Crippen molar-refractivity contribution in [2.24, 2.45) is 0 Å². The summed E-state index contributed by atoms with van der Waals surface area (Å²) in [5.74, 6) is 0.963. The fourth-order valence-corrected chi connectivity index (χ4v) is 3.55. The van der Waals surface area contributed by atoms with Crippen LogP contribution in [0.15, 0.2) is 53.3 Å². The van der Waals surface area contributed by atoms with Crippen LogP contribution >= 0.6 is 0 Å². The number of hydrogen-bond donors (Lipinski definition) is 0. The first-order valence-corrected chi connectivity index (χ1v) is 8.87. The maximum absolute atomic E-state index is 12.7. The van der Waals surface area contributed by atoms with E-state index in [1.165, 1.54) is 17.5 Å². The molecule has 0 saturated heterocycles. The van der Waals surface area contributed by atoms with Gasteiger partial charge in [0, 0.05) is 13.0 Å². The molecule has 3 heteroatoms. The summed E-state index contributed by atoms with van der Waals surface area (Å²) in [5, 5.41) is 0.754. The van der Waals surface area contributed by atoms with Gasteiger partial charge in [-0.15, -0.1) is 0 Å². The zero-order chi connectivity index (χ0) is 16.4. The van der Waals surface area contributed by atoms with Crippen LogP contribution in [-0.2, 0) is 25.8 Å². The van der Waals surface area contributed by atoms with Gasteiger partial charge in [-0.1, -0.05) is 42.8 Å². The lowest BCUT2D eigenvalue weighted by Crippen LogP contribution is -2.24. The summed E-state index contributed by atoms with van der Waals surface area (Å²) < 4.78 is 1.89. The van der Waals surface area contributed by atoms with Gasteiger partial charge in [0.1, 0.15) is 5.82 Å². The monoisotopic (exact) mass is 318 g/mol. The first kappa shape index (κ1) is 15.1. The van der Waals surface area contributed by atoms with E-state index in [1.54, 1.807) is 0 Å². The molecular formula is C21H22N2O. The molecule has 2 heterocycles. The predicted octanol–water partition coefficient (Wildman–Crippen LogP) is 3.91. The number of fused-ring (bicyclic) bond motifs is 2. The van der Waals surface area contributed by atoms with Crippen molar-refractivity contribution in [1.82, 2.24) is 9.55 Å². The largest absolute Gasteiger partial charge is 0.296 e. The SMILES string of the molecule is O=c1c2ccc(CCc3ccccc3)cc2nc2n1CCCCC2. The summed E-state index contributed by atoms with van der Waals surface area (Å²) in [6, 6.07) is 16.7. The number of aromatic nitrogens is 2. The van der Waals surface area contributed by atoms with Crippen molar-refractivity contribution < 1.29 is 0 Å². The van der Waals surface area contributed by atoms with Crippen LogP contribution in [0.5, 0.6) is 0 Å². The summed E-state index contributed by atoms with van der Waals surface area (Å²) >= 11 is 0. The second-order valence-corrected chi connectivity index (χ2v) is 6.63. The summed E-state index contributed by atoms with van der Waals surface area (Å²) in [5.41, 5.74) is 3.58. The Bertz CT molecular complexity index is 912. The third kappa shape index (κ3) is 2.99. The highest BCUT2D eigenvalue weighted by molar-refractivity contribution is 5.78. The van der Waals surface area contributed by atoms with E-state index in [0.29, 0.717) is 0 Å². The Morgan fingerprint density at radius 2 is 1.75 bits per heavy atom. The quantitative estimate of drug-likeness (QED) is 0.734. The Morgan fingerprint density at radius 3 is 2.62 bits per heavy atom. The lowest BCUT2D eigenvalue weighted by Gasteiger charge is -2.11. The van der Waals surface area contributed by atoms with E-state index in [2.05, 4.69) is 36.4 Å². The zero-order valence-corrected chi connectivity index (χ0v) is 13.9. The van der Waals surface area contributed by atoms with Crippen LogP contribution in [0.3, 0.4) is 0 Å². The van der Waals surface area contributed by atoms with Gasteiger partial charge in [0.25, 0.3) is 5.56 Å².